The Morgan fingerprint density at radius 1 is 1.29 bits per heavy atom. The summed E-state index contributed by atoms with van der Waals surface area (Å²) in [5.74, 6) is 0.558. The Morgan fingerprint density at radius 3 is 2.62 bits per heavy atom. The first kappa shape index (κ1) is 16.2. The highest BCUT2D eigenvalue weighted by molar-refractivity contribution is 9.10. The molecule has 0 aliphatic heterocycles. The van der Waals surface area contributed by atoms with Crippen molar-refractivity contribution < 1.29 is 0 Å². The smallest absolute Gasteiger partial charge is 0.0738 e. The van der Waals surface area contributed by atoms with E-state index in [2.05, 4.69) is 57.5 Å². The fourth-order valence-electron chi connectivity index (χ4n) is 2.85. The van der Waals surface area contributed by atoms with Crippen LogP contribution in [0.25, 0.3) is 0 Å². The molecule has 1 aromatic heterocycles. The molecule has 2 rings (SSSR count). The lowest BCUT2D eigenvalue weighted by Gasteiger charge is -2.17. The number of benzene rings is 1. The van der Waals surface area contributed by atoms with E-state index in [1.807, 2.05) is 25.7 Å². The SMILES string of the molecule is CNCC(Cc1cccc(C)c1)Cc1c(Br)c(C)nn1C. The predicted octanol–water partition coefficient (Wildman–Crippen LogP) is 3.42. The normalized spacial score (nSPS) is 12.6. The molecule has 0 fully saturated rings. The second-order valence-electron chi connectivity index (χ2n) is 5.79. The molecule has 0 spiro atoms. The molecule has 4 heteroatoms. The maximum Gasteiger partial charge on any atom is 0.0738 e. The molecular formula is C17H24BrN3. The Hall–Kier alpha value is -1.13. The molecule has 0 radical (unpaired) electrons. The van der Waals surface area contributed by atoms with E-state index in [0.717, 1.165) is 29.6 Å². The van der Waals surface area contributed by atoms with Gasteiger partial charge in [-0.15, -0.1) is 0 Å². The monoisotopic (exact) mass is 349 g/mol. The fraction of sp³-hybridized carbons (Fsp3) is 0.471. The standard InChI is InChI=1S/C17H24BrN3/c1-12-6-5-7-14(8-12)9-15(11-19-3)10-16-17(18)13(2)20-21(16)4/h5-8,15,19H,9-11H2,1-4H3. The van der Waals surface area contributed by atoms with Crippen LogP contribution >= 0.6 is 15.9 Å². The van der Waals surface area contributed by atoms with Crippen LogP contribution in [0.5, 0.6) is 0 Å². The second-order valence-corrected chi connectivity index (χ2v) is 6.58. The summed E-state index contributed by atoms with van der Waals surface area (Å²) in [6.45, 7) is 5.20. The molecular weight excluding hydrogens is 326 g/mol. The minimum Gasteiger partial charge on any atom is -0.319 e. The van der Waals surface area contributed by atoms with Crippen LogP contribution in [0.2, 0.25) is 0 Å². The lowest BCUT2D eigenvalue weighted by Crippen LogP contribution is -2.24. The largest absolute Gasteiger partial charge is 0.319 e. The molecule has 21 heavy (non-hydrogen) atoms. The number of rotatable bonds is 6. The van der Waals surface area contributed by atoms with Crippen LogP contribution in [-0.4, -0.2) is 23.4 Å². The predicted molar refractivity (Wildman–Crippen MR) is 91.6 cm³/mol. The van der Waals surface area contributed by atoms with Gasteiger partial charge in [0.1, 0.15) is 0 Å². The third kappa shape index (κ3) is 4.17. The summed E-state index contributed by atoms with van der Waals surface area (Å²) in [7, 11) is 4.04. The van der Waals surface area contributed by atoms with Gasteiger partial charge in [0.15, 0.2) is 0 Å². The third-order valence-electron chi connectivity index (χ3n) is 3.84. The van der Waals surface area contributed by atoms with Gasteiger partial charge in [-0.2, -0.15) is 5.10 Å². The van der Waals surface area contributed by atoms with Gasteiger partial charge in [0.05, 0.1) is 15.9 Å². The maximum absolute atomic E-state index is 4.49. The summed E-state index contributed by atoms with van der Waals surface area (Å²) >= 11 is 3.67. The van der Waals surface area contributed by atoms with E-state index in [1.165, 1.54) is 16.8 Å². The second kappa shape index (κ2) is 7.23. The minimum atomic E-state index is 0.558. The quantitative estimate of drug-likeness (QED) is 0.865. The zero-order valence-electron chi connectivity index (χ0n) is 13.3. The van der Waals surface area contributed by atoms with Crippen molar-refractivity contribution in [1.29, 1.82) is 0 Å². The number of hydrogen-bond acceptors (Lipinski definition) is 2. The van der Waals surface area contributed by atoms with Crippen molar-refractivity contribution in [3.05, 3.63) is 51.3 Å². The van der Waals surface area contributed by atoms with Crippen LogP contribution in [0.4, 0.5) is 0 Å². The molecule has 0 aliphatic carbocycles. The van der Waals surface area contributed by atoms with E-state index in [0.29, 0.717) is 5.92 Å². The topological polar surface area (TPSA) is 29.9 Å². The van der Waals surface area contributed by atoms with Gasteiger partial charge >= 0.3 is 0 Å². The lowest BCUT2D eigenvalue weighted by molar-refractivity contribution is 0.476. The van der Waals surface area contributed by atoms with Crippen molar-refractivity contribution in [1.82, 2.24) is 15.1 Å². The maximum atomic E-state index is 4.49. The molecule has 0 saturated carbocycles. The number of aromatic nitrogens is 2. The first-order chi connectivity index (χ1) is 10.0. The zero-order chi connectivity index (χ0) is 15.4. The average molecular weight is 350 g/mol. The van der Waals surface area contributed by atoms with Crippen molar-refractivity contribution >= 4 is 15.9 Å². The summed E-state index contributed by atoms with van der Waals surface area (Å²) in [6.07, 6.45) is 2.10. The Bertz CT molecular complexity index is 604. The molecule has 0 aliphatic rings. The van der Waals surface area contributed by atoms with E-state index < -0.39 is 0 Å². The van der Waals surface area contributed by atoms with Crippen molar-refractivity contribution in [3.63, 3.8) is 0 Å². The molecule has 1 aromatic carbocycles. The fourth-order valence-corrected chi connectivity index (χ4v) is 3.35. The van der Waals surface area contributed by atoms with Crippen LogP contribution in [0, 0.1) is 19.8 Å². The Labute approximate surface area is 135 Å². The Morgan fingerprint density at radius 2 is 2.05 bits per heavy atom. The van der Waals surface area contributed by atoms with Gasteiger partial charge < -0.3 is 5.32 Å². The number of halogens is 1. The number of nitrogens with one attached hydrogen (secondary N) is 1. The van der Waals surface area contributed by atoms with Crippen LogP contribution in [0.1, 0.15) is 22.5 Å². The number of aryl methyl sites for hydroxylation is 3. The van der Waals surface area contributed by atoms with Crippen LogP contribution in [0.3, 0.4) is 0 Å². The molecule has 1 heterocycles. The van der Waals surface area contributed by atoms with Crippen LogP contribution < -0.4 is 5.32 Å². The van der Waals surface area contributed by atoms with Crippen molar-refractivity contribution in [2.45, 2.75) is 26.7 Å². The minimum absolute atomic E-state index is 0.558. The van der Waals surface area contributed by atoms with E-state index >= 15 is 0 Å². The molecule has 1 atom stereocenters. The molecule has 0 saturated heterocycles. The van der Waals surface area contributed by atoms with Crippen LogP contribution in [-0.2, 0) is 19.9 Å². The lowest BCUT2D eigenvalue weighted by atomic mass is 9.94. The van der Waals surface area contributed by atoms with E-state index in [-0.39, 0.29) is 0 Å². The average Bonchev–Trinajstić information content (AvgIpc) is 2.66. The Balaban J connectivity index is 2.15. The van der Waals surface area contributed by atoms with Gasteiger partial charge in [-0.25, -0.2) is 0 Å². The Kier molecular flexibility index (Phi) is 5.59. The highest BCUT2D eigenvalue weighted by Gasteiger charge is 2.17. The zero-order valence-corrected chi connectivity index (χ0v) is 14.9. The van der Waals surface area contributed by atoms with Crippen molar-refractivity contribution in [3.8, 4) is 0 Å². The summed E-state index contributed by atoms with van der Waals surface area (Å²) in [5.41, 5.74) is 5.07. The highest BCUT2D eigenvalue weighted by atomic mass is 79.9. The summed E-state index contributed by atoms with van der Waals surface area (Å²) in [5, 5.41) is 7.82. The third-order valence-corrected chi connectivity index (χ3v) is 4.87. The summed E-state index contributed by atoms with van der Waals surface area (Å²) < 4.78 is 3.15. The molecule has 114 valence electrons. The summed E-state index contributed by atoms with van der Waals surface area (Å²) in [6, 6.07) is 8.80. The first-order valence-corrected chi connectivity index (χ1v) is 8.18. The number of hydrogen-bond donors (Lipinski definition) is 1. The number of nitrogens with zero attached hydrogens (tertiary/aromatic N) is 2. The molecule has 3 nitrogen and oxygen atoms in total. The van der Waals surface area contributed by atoms with E-state index in [4.69, 9.17) is 0 Å². The van der Waals surface area contributed by atoms with Gasteiger partial charge in [0.2, 0.25) is 0 Å². The van der Waals surface area contributed by atoms with Crippen molar-refractivity contribution in [2.75, 3.05) is 13.6 Å². The van der Waals surface area contributed by atoms with Gasteiger partial charge in [0, 0.05) is 7.05 Å². The molecule has 2 aromatic rings. The highest BCUT2D eigenvalue weighted by Crippen LogP contribution is 2.24. The summed E-state index contributed by atoms with van der Waals surface area (Å²) in [4.78, 5) is 0. The van der Waals surface area contributed by atoms with Crippen LogP contribution in [0.15, 0.2) is 28.7 Å². The van der Waals surface area contributed by atoms with Gasteiger partial charge in [-0.3, -0.25) is 4.68 Å². The van der Waals surface area contributed by atoms with E-state index in [9.17, 15) is 0 Å². The van der Waals surface area contributed by atoms with Crippen molar-refractivity contribution in [2.24, 2.45) is 13.0 Å². The molecule has 1 unspecified atom stereocenters. The molecule has 1 N–H and O–H groups in total. The van der Waals surface area contributed by atoms with Gasteiger partial charge in [-0.1, -0.05) is 29.8 Å². The molecule has 0 amide bonds. The van der Waals surface area contributed by atoms with E-state index in [1.54, 1.807) is 0 Å². The van der Waals surface area contributed by atoms with Gasteiger partial charge in [-0.05, 0) is 67.7 Å². The molecule has 0 bridgehead atoms. The van der Waals surface area contributed by atoms with Gasteiger partial charge in [0.25, 0.3) is 0 Å². The first-order valence-electron chi connectivity index (χ1n) is 7.39.